The van der Waals surface area contributed by atoms with Crippen molar-refractivity contribution in [2.75, 3.05) is 16.0 Å². The number of ether oxygens (including phenoxy) is 1. The van der Waals surface area contributed by atoms with Gasteiger partial charge in [0.1, 0.15) is 6.04 Å². The molecule has 0 aromatic heterocycles. The van der Waals surface area contributed by atoms with Crippen LogP contribution >= 0.6 is 0 Å². The van der Waals surface area contributed by atoms with Crippen LogP contribution in [0.4, 0.5) is 17.1 Å². The molecule has 0 saturated heterocycles. The molecular weight excluding hydrogens is 582 g/mol. The largest absolute Gasteiger partial charge is 0.481 e. The number of benzene rings is 3. The first-order valence-electron chi connectivity index (χ1n) is 14.2. The van der Waals surface area contributed by atoms with Gasteiger partial charge in [0.2, 0.25) is 5.91 Å². The first kappa shape index (κ1) is 32.2. The zero-order valence-corrected chi connectivity index (χ0v) is 25.0. The average Bonchev–Trinajstić information content (AvgIpc) is 3.37. The Kier molecular flexibility index (Phi) is 10.1. The fraction of sp³-hybridized carbons (Fsp3) is 0.250. The molecule has 0 radical (unpaired) electrons. The Morgan fingerprint density at radius 2 is 1.73 bits per heavy atom. The van der Waals surface area contributed by atoms with Crippen molar-refractivity contribution in [3.05, 3.63) is 105 Å². The molecule has 4 rings (SSSR count). The molecule has 0 spiro atoms. The molecule has 0 bridgehead atoms. The average molecular weight is 616 g/mol. The van der Waals surface area contributed by atoms with Gasteiger partial charge in [0, 0.05) is 37.7 Å². The van der Waals surface area contributed by atoms with Gasteiger partial charge < -0.3 is 30.7 Å². The maximum absolute atomic E-state index is 13.7. The molecule has 1 aliphatic rings. The van der Waals surface area contributed by atoms with Gasteiger partial charge in [0.15, 0.2) is 11.6 Å². The number of hydrogen-bond acceptors (Lipinski definition) is 9. The van der Waals surface area contributed by atoms with E-state index in [0.717, 1.165) is 11.8 Å². The van der Waals surface area contributed by atoms with Gasteiger partial charge in [-0.2, -0.15) is 0 Å². The minimum absolute atomic E-state index is 0.0530. The van der Waals surface area contributed by atoms with Crippen LogP contribution in [-0.2, 0) is 32.1 Å². The minimum Gasteiger partial charge on any atom is -0.481 e. The number of nitro groups is 1. The summed E-state index contributed by atoms with van der Waals surface area (Å²) in [6.45, 7) is 4.99. The molecule has 1 unspecified atom stereocenters. The van der Waals surface area contributed by atoms with Crippen LogP contribution in [0.15, 0.2) is 72.7 Å². The Bertz CT molecular complexity index is 1670. The molecule has 1 heterocycles. The molecule has 2 amide bonds. The summed E-state index contributed by atoms with van der Waals surface area (Å²) < 4.78 is 5.50. The highest BCUT2D eigenvalue weighted by Gasteiger charge is 2.38. The quantitative estimate of drug-likeness (QED) is 0.0940. The Morgan fingerprint density at radius 3 is 2.38 bits per heavy atom. The molecule has 3 aromatic rings. The number of nitrogens with one attached hydrogen (secondary N) is 3. The number of carboxylic acids is 1. The molecule has 45 heavy (non-hydrogen) atoms. The second kappa shape index (κ2) is 14.2. The normalized spacial score (nSPS) is 13.9. The van der Waals surface area contributed by atoms with Crippen molar-refractivity contribution in [3.8, 4) is 5.75 Å². The lowest BCUT2D eigenvalue weighted by Crippen LogP contribution is -2.35. The molecule has 0 fully saturated rings. The van der Waals surface area contributed by atoms with Crippen LogP contribution in [0.2, 0.25) is 0 Å². The Hall–Kier alpha value is -5.72. The number of anilines is 3. The number of amides is 2. The minimum atomic E-state index is -1.03. The fourth-order valence-corrected chi connectivity index (χ4v) is 4.88. The number of carbonyl (C=O) groups excluding carboxylic acids is 3. The maximum Gasteiger partial charge on any atom is 0.310 e. The summed E-state index contributed by atoms with van der Waals surface area (Å²) in [6.07, 6.45) is 0.721. The van der Waals surface area contributed by atoms with E-state index in [2.05, 4.69) is 16.0 Å². The van der Waals surface area contributed by atoms with Gasteiger partial charge in [-0.25, -0.2) is 0 Å². The van der Waals surface area contributed by atoms with Gasteiger partial charge in [-0.3, -0.25) is 29.3 Å². The lowest BCUT2D eigenvalue weighted by Gasteiger charge is -2.24. The maximum atomic E-state index is 13.7. The van der Waals surface area contributed by atoms with E-state index in [1.54, 1.807) is 49.4 Å². The highest BCUT2D eigenvalue weighted by atomic mass is 16.6. The number of esters is 1. The van der Waals surface area contributed by atoms with E-state index in [1.165, 1.54) is 17.9 Å². The second-order valence-electron chi connectivity index (χ2n) is 10.4. The number of rotatable bonds is 12. The molecular formula is C32H33N5O8. The zero-order chi connectivity index (χ0) is 32.7. The molecule has 3 aromatic carbocycles. The number of carbonyl (C=O) groups is 4. The van der Waals surface area contributed by atoms with Gasteiger partial charge in [-0.1, -0.05) is 42.8 Å². The number of fused-ring (bicyclic) bond motifs is 1. The van der Waals surface area contributed by atoms with Gasteiger partial charge in [-0.15, -0.1) is 0 Å². The second-order valence-corrected chi connectivity index (χ2v) is 10.4. The van der Waals surface area contributed by atoms with Crippen molar-refractivity contribution in [2.24, 2.45) is 0 Å². The van der Waals surface area contributed by atoms with Crippen molar-refractivity contribution in [1.29, 1.82) is 0 Å². The van der Waals surface area contributed by atoms with Crippen LogP contribution in [0, 0.1) is 17.0 Å². The number of hydrogen-bond donors (Lipinski definition) is 4. The third-order valence-electron chi connectivity index (χ3n) is 7.05. The third-order valence-corrected chi connectivity index (χ3v) is 7.05. The first-order valence-corrected chi connectivity index (χ1v) is 14.2. The lowest BCUT2D eigenvalue weighted by molar-refractivity contribution is -0.403. The third kappa shape index (κ3) is 8.22. The van der Waals surface area contributed by atoms with Crippen LogP contribution < -0.4 is 20.7 Å². The molecule has 13 nitrogen and oxygen atoms in total. The van der Waals surface area contributed by atoms with Gasteiger partial charge >= 0.3 is 11.9 Å². The Balaban J connectivity index is 1.61. The summed E-state index contributed by atoms with van der Waals surface area (Å²) in [5.74, 6) is -2.36. The summed E-state index contributed by atoms with van der Waals surface area (Å²) in [6, 6.07) is 16.1. The van der Waals surface area contributed by atoms with Gasteiger partial charge in [-0.05, 0) is 60.4 Å². The number of para-hydroxylation sites is 1. The molecule has 4 N–H and O–H groups in total. The predicted octanol–water partition coefficient (Wildman–Crippen LogP) is 4.97. The van der Waals surface area contributed by atoms with Crippen molar-refractivity contribution in [3.63, 3.8) is 0 Å². The standard InChI is InChI=1S/C32H33N5O8/c1-4-29(41)45-31-21(10-15-28(39)40)6-5-7-26(31)35-32(42)30-25-14-13-24(16-22(25)17-36(30)20(3)38)34-27(18-37(43)44)33-23-11-8-19(2)9-12-23/h5-9,11-14,16,18,30,33-34H,4,10,15,17H2,1-3H3,(H,35,42)(H,39,40). The Labute approximate surface area is 259 Å². The van der Waals surface area contributed by atoms with E-state index >= 15 is 0 Å². The summed E-state index contributed by atoms with van der Waals surface area (Å²) in [5.41, 5.74) is 3.96. The van der Waals surface area contributed by atoms with Crippen LogP contribution in [0.5, 0.6) is 5.75 Å². The number of carboxylic acid groups (broad SMARTS) is 1. The van der Waals surface area contributed by atoms with Crippen LogP contribution in [-0.4, -0.2) is 38.7 Å². The van der Waals surface area contributed by atoms with E-state index in [-0.39, 0.29) is 49.0 Å². The smallest absolute Gasteiger partial charge is 0.310 e. The summed E-state index contributed by atoms with van der Waals surface area (Å²) in [5, 5.41) is 29.2. The Morgan fingerprint density at radius 1 is 1.04 bits per heavy atom. The summed E-state index contributed by atoms with van der Waals surface area (Å²) in [4.78, 5) is 61.9. The van der Waals surface area contributed by atoms with E-state index in [0.29, 0.717) is 28.1 Å². The van der Waals surface area contributed by atoms with E-state index in [1.807, 2.05) is 19.1 Å². The predicted molar refractivity (Wildman–Crippen MR) is 166 cm³/mol. The summed E-state index contributed by atoms with van der Waals surface area (Å²) >= 11 is 0. The number of nitrogens with zero attached hydrogens (tertiary/aromatic N) is 2. The molecule has 0 saturated carbocycles. The highest BCUT2D eigenvalue weighted by Crippen LogP contribution is 2.38. The molecule has 13 heteroatoms. The first-order chi connectivity index (χ1) is 21.4. The van der Waals surface area contributed by atoms with Crippen molar-refractivity contribution in [2.45, 2.75) is 52.6 Å². The molecule has 234 valence electrons. The van der Waals surface area contributed by atoms with E-state index < -0.39 is 28.8 Å². The van der Waals surface area contributed by atoms with Crippen LogP contribution in [0.25, 0.3) is 0 Å². The monoisotopic (exact) mass is 615 g/mol. The van der Waals surface area contributed by atoms with Crippen LogP contribution in [0.3, 0.4) is 0 Å². The number of aryl methyl sites for hydroxylation is 2. The van der Waals surface area contributed by atoms with E-state index in [4.69, 9.17) is 9.84 Å². The summed E-state index contributed by atoms with van der Waals surface area (Å²) in [7, 11) is 0. The topological polar surface area (TPSA) is 180 Å². The number of aliphatic carboxylic acids is 1. The molecule has 1 aliphatic heterocycles. The fourth-order valence-electron chi connectivity index (χ4n) is 4.88. The molecule has 0 aliphatic carbocycles. The van der Waals surface area contributed by atoms with Crippen molar-refractivity contribution >= 4 is 40.8 Å². The SMILES string of the molecule is CCC(=O)Oc1c(CCC(=O)O)cccc1NC(=O)C1c2ccc(NC(=C[N+](=O)[O-])Nc3ccc(C)cc3)cc2CN1C(C)=O. The highest BCUT2D eigenvalue weighted by molar-refractivity contribution is 6.00. The van der Waals surface area contributed by atoms with E-state index in [9.17, 15) is 29.3 Å². The van der Waals surface area contributed by atoms with Crippen molar-refractivity contribution in [1.82, 2.24) is 4.90 Å². The van der Waals surface area contributed by atoms with Gasteiger partial charge in [0.25, 0.3) is 12.1 Å². The molecule has 1 atom stereocenters. The lowest BCUT2D eigenvalue weighted by atomic mass is 10.0. The van der Waals surface area contributed by atoms with Gasteiger partial charge in [0.05, 0.1) is 10.6 Å². The van der Waals surface area contributed by atoms with Crippen LogP contribution in [0.1, 0.15) is 55.0 Å². The zero-order valence-electron chi connectivity index (χ0n) is 25.0. The van der Waals surface area contributed by atoms with Crippen molar-refractivity contribution < 1.29 is 33.9 Å².